The summed E-state index contributed by atoms with van der Waals surface area (Å²) in [4.78, 5) is 23.6. The van der Waals surface area contributed by atoms with Crippen molar-refractivity contribution >= 4 is 28.6 Å². The van der Waals surface area contributed by atoms with Crippen LogP contribution in [-0.2, 0) is 24.4 Å². The monoisotopic (exact) mass is 562 g/mol. The summed E-state index contributed by atoms with van der Waals surface area (Å²) in [5, 5.41) is 9.84. The average molecular weight is 563 g/mol. The number of carboxylic acids is 1. The first-order chi connectivity index (χ1) is 19.4. The Kier molecular flexibility index (Phi) is 6.45. The molecule has 2 aliphatic heterocycles. The predicted octanol–water partition coefficient (Wildman–Crippen LogP) is 5.14. The summed E-state index contributed by atoms with van der Waals surface area (Å²) in [6, 6.07) is 15.5. The van der Waals surface area contributed by atoms with Crippen LogP contribution in [0.15, 0.2) is 54.6 Å². The number of halogens is 2. The van der Waals surface area contributed by atoms with Gasteiger partial charge in [-0.25, -0.2) is 19.2 Å². The van der Waals surface area contributed by atoms with Crippen LogP contribution in [0, 0.1) is 17.7 Å². The predicted molar refractivity (Wildman–Crippen MR) is 146 cm³/mol. The van der Waals surface area contributed by atoms with Crippen molar-refractivity contribution in [3.63, 3.8) is 0 Å². The molecular formula is C30H28ClFN4O4. The van der Waals surface area contributed by atoms with Crippen LogP contribution in [0.3, 0.4) is 0 Å². The smallest absolute Gasteiger partial charge is 0.335 e. The molecule has 1 saturated carbocycles. The Hall–Kier alpha value is -3.53. The fraction of sp³-hybridized carbons (Fsp3) is 0.367. The van der Waals surface area contributed by atoms with Gasteiger partial charge in [0, 0.05) is 48.0 Å². The van der Waals surface area contributed by atoms with Crippen LogP contribution >= 0.6 is 11.6 Å². The lowest BCUT2D eigenvalue weighted by molar-refractivity contribution is -0.0591. The third-order valence-electron chi connectivity index (χ3n) is 8.37. The van der Waals surface area contributed by atoms with Crippen molar-refractivity contribution in [1.82, 2.24) is 19.4 Å². The number of carbonyl (C=O) groups is 1. The van der Waals surface area contributed by atoms with Gasteiger partial charge in [-0.15, -0.1) is 0 Å². The number of carboxylic acid groups (broad SMARTS) is 1. The first-order valence-corrected chi connectivity index (χ1v) is 13.9. The van der Waals surface area contributed by atoms with Crippen molar-refractivity contribution in [1.29, 1.82) is 0 Å². The van der Waals surface area contributed by atoms with Gasteiger partial charge in [0.15, 0.2) is 0 Å². The van der Waals surface area contributed by atoms with E-state index < -0.39 is 11.8 Å². The second kappa shape index (κ2) is 10.1. The fourth-order valence-electron chi connectivity index (χ4n) is 6.13. The summed E-state index contributed by atoms with van der Waals surface area (Å²) in [5.74, 6) is 1.51. The Morgan fingerprint density at radius 2 is 1.95 bits per heavy atom. The molecule has 206 valence electrons. The molecule has 4 atom stereocenters. The molecule has 1 aliphatic carbocycles. The van der Waals surface area contributed by atoms with E-state index in [1.165, 1.54) is 6.07 Å². The summed E-state index contributed by atoms with van der Waals surface area (Å²) in [6.07, 6.45) is 1.13. The molecule has 40 heavy (non-hydrogen) atoms. The van der Waals surface area contributed by atoms with Crippen molar-refractivity contribution in [3.05, 3.63) is 88.1 Å². The van der Waals surface area contributed by atoms with Crippen LogP contribution in [0.25, 0.3) is 11.0 Å². The maximum Gasteiger partial charge on any atom is 0.335 e. The summed E-state index contributed by atoms with van der Waals surface area (Å²) >= 11 is 5.84. The number of ether oxygens (including phenoxy) is 2. The first kappa shape index (κ1) is 25.4. The number of rotatable bonds is 9. The van der Waals surface area contributed by atoms with E-state index in [-0.39, 0.29) is 18.3 Å². The number of aromatic carboxylic acids is 1. The van der Waals surface area contributed by atoms with Gasteiger partial charge in [-0.3, -0.25) is 4.90 Å². The van der Waals surface area contributed by atoms with Crippen LogP contribution in [0.2, 0.25) is 5.02 Å². The lowest BCUT2D eigenvalue weighted by atomic mass is 10.1. The molecule has 0 bridgehead atoms. The minimum atomic E-state index is -0.943. The number of fused-ring (bicyclic) bond motifs is 2. The van der Waals surface area contributed by atoms with E-state index in [4.69, 9.17) is 31.0 Å². The molecule has 3 aliphatic rings. The normalized spacial score (nSPS) is 23.6. The Labute approximate surface area is 235 Å². The van der Waals surface area contributed by atoms with E-state index in [1.807, 2.05) is 12.1 Å². The minimum absolute atomic E-state index is 0.0889. The van der Waals surface area contributed by atoms with Gasteiger partial charge in [-0.1, -0.05) is 23.7 Å². The Balaban J connectivity index is 1.02. The Morgan fingerprint density at radius 3 is 2.67 bits per heavy atom. The quantitative estimate of drug-likeness (QED) is 0.302. The highest BCUT2D eigenvalue weighted by Gasteiger charge is 2.57. The second-order valence-electron chi connectivity index (χ2n) is 10.9. The van der Waals surface area contributed by atoms with E-state index in [9.17, 15) is 14.3 Å². The summed E-state index contributed by atoms with van der Waals surface area (Å²) in [5.41, 5.74) is 3.36. The van der Waals surface area contributed by atoms with Crippen molar-refractivity contribution < 1.29 is 23.8 Å². The first-order valence-electron chi connectivity index (χ1n) is 13.5. The number of likely N-dealkylation sites (tertiary alicyclic amines) is 1. The molecule has 2 saturated heterocycles. The van der Waals surface area contributed by atoms with Crippen molar-refractivity contribution in [2.45, 2.75) is 38.1 Å². The van der Waals surface area contributed by atoms with Gasteiger partial charge in [-0.05, 0) is 54.7 Å². The lowest BCUT2D eigenvalue weighted by Crippen LogP contribution is -2.33. The van der Waals surface area contributed by atoms with Crippen molar-refractivity contribution in [2.24, 2.45) is 11.8 Å². The highest BCUT2D eigenvalue weighted by molar-refractivity contribution is 6.30. The number of piperidine rings is 1. The number of aromatic nitrogens is 3. The average Bonchev–Trinajstić information content (AvgIpc) is 3.23. The molecule has 0 radical (unpaired) electrons. The molecule has 2 aromatic heterocycles. The lowest BCUT2D eigenvalue weighted by Gasteiger charge is -2.28. The van der Waals surface area contributed by atoms with Gasteiger partial charge in [0.25, 0.3) is 0 Å². The summed E-state index contributed by atoms with van der Waals surface area (Å²) in [6.45, 7) is 4.12. The van der Waals surface area contributed by atoms with Crippen LogP contribution in [-0.4, -0.2) is 56.3 Å². The van der Waals surface area contributed by atoms with Crippen LogP contribution in [0.4, 0.5) is 4.39 Å². The number of hydrogen-bond acceptors (Lipinski definition) is 6. The number of hydrogen-bond donors (Lipinski definition) is 1. The molecule has 4 heterocycles. The maximum atomic E-state index is 14.1. The van der Waals surface area contributed by atoms with Gasteiger partial charge in [0.2, 0.25) is 5.88 Å². The van der Waals surface area contributed by atoms with Gasteiger partial charge in [-0.2, -0.15) is 0 Å². The van der Waals surface area contributed by atoms with E-state index in [0.717, 1.165) is 48.7 Å². The molecule has 7 rings (SSSR count). The summed E-state index contributed by atoms with van der Waals surface area (Å²) in [7, 11) is 0. The standard InChI is InChI=1S/C30H28ClFN4O4/c31-19-6-4-18(23(32)11-19)16-40-28-3-1-2-25(34-28)29-21-13-35(14-22(21)29)15-27-33-24-7-5-17(30(37)38)10-26(24)36(27)12-20-8-9-39-20/h1-7,10-11,20-22,29H,8-9,12-16H2,(H,37,38)/t20-,21-,22?,29?/m0/s1. The molecule has 8 nitrogen and oxygen atoms in total. The van der Waals surface area contributed by atoms with Crippen LogP contribution < -0.4 is 4.74 Å². The fourth-order valence-corrected chi connectivity index (χ4v) is 6.29. The second-order valence-corrected chi connectivity index (χ2v) is 11.3. The molecule has 0 spiro atoms. The molecule has 3 fully saturated rings. The third kappa shape index (κ3) is 4.82. The zero-order valence-electron chi connectivity index (χ0n) is 21.7. The number of benzene rings is 2. The zero-order valence-corrected chi connectivity index (χ0v) is 22.4. The van der Waals surface area contributed by atoms with Crippen LogP contribution in [0.1, 0.15) is 39.8 Å². The highest BCUT2D eigenvalue weighted by Crippen LogP contribution is 2.58. The van der Waals surface area contributed by atoms with Crippen LogP contribution in [0.5, 0.6) is 5.88 Å². The largest absolute Gasteiger partial charge is 0.478 e. The van der Waals surface area contributed by atoms with Gasteiger partial charge in [0.05, 0.1) is 35.8 Å². The molecule has 10 heteroatoms. The zero-order chi connectivity index (χ0) is 27.4. The van der Waals surface area contributed by atoms with E-state index in [0.29, 0.717) is 47.3 Å². The van der Waals surface area contributed by atoms with E-state index in [1.54, 1.807) is 36.4 Å². The summed E-state index contributed by atoms with van der Waals surface area (Å²) < 4.78 is 27.7. The van der Waals surface area contributed by atoms with Gasteiger partial charge in [0.1, 0.15) is 18.2 Å². The Bertz CT molecular complexity index is 1590. The number of pyridine rings is 1. The Morgan fingerprint density at radius 1 is 1.12 bits per heavy atom. The number of nitrogens with zero attached hydrogens (tertiary/aromatic N) is 4. The van der Waals surface area contributed by atoms with E-state index in [2.05, 4.69) is 9.47 Å². The molecule has 0 amide bonds. The van der Waals surface area contributed by atoms with Gasteiger partial charge < -0.3 is 19.1 Å². The SMILES string of the molecule is O=C(O)c1ccc2nc(CN3CC4C(c5cccc(OCc6ccc(Cl)cc6F)n5)[C@H]4C3)n(C[C@@H]3CCO3)c2c1. The highest BCUT2D eigenvalue weighted by atomic mass is 35.5. The molecule has 2 unspecified atom stereocenters. The third-order valence-corrected chi connectivity index (χ3v) is 8.60. The minimum Gasteiger partial charge on any atom is -0.478 e. The molecule has 2 aromatic carbocycles. The maximum absolute atomic E-state index is 14.1. The molecular weight excluding hydrogens is 535 g/mol. The number of imidazole rings is 1. The molecule has 1 N–H and O–H groups in total. The van der Waals surface area contributed by atoms with Crippen molar-refractivity contribution in [2.75, 3.05) is 19.7 Å². The van der Waals surface area contributed by atoms with Gasteiger partial charge >= 0.3 is 5.97 Å². The topological polar surface area (TPSA) is 89.7 Å². The molecule has 4 aromatic rings. The van der Waals surface area contributed by atoms with E-state index >= 15 is 0 Å². The van der Waals surface area contributed by atoms with Crippen molar-refractivity contribution in [3.8, 4) is 5.88 Å².